The molecule has 32 heavy (non-hydrogen) atoms. The van der Waals surface area contributed by atoms with Crippen LogP contribution >= 0.6 is 0 Å². The van der Waals surface area contributed by atoms with Gasteiger partial charge in [-0.25, -0.2) is 0 Å². The van der Waals surface area contributed by atoms with Crippen molar-refractivity contribution >= 4 is 30.6 Å². The Morgan fingerprint density at radius 3 is 2.34 bits per heavy atom. The normalized spacial score (nSPS) is 13.0. The molecule has 0 aliphatic rings. The minimum Gasteiger partial charge on any atom is -0.377 e. The van der Waals surface area contributed by atoms with Gasteiger partial charge in [-0.1, -0.05) is 49.4 Å². The molecule has 1 atom stereocenters. The van der Waals surface area contributed by atoms with E-state index in [1.165, 1.54) is 22.1 Å². The molecule has 2 aromatic heterocycles. The first-order valence-electron chi connectivity index (χ1n) is 10.9. The zero-order valence-corrected chi connectivity index (χ0v) is 20.2. The Morgan fingerprint density at radius 1 is 0.812 bits per heavy atom. The van der Waals surface area contributed by atoms with Crippen LogP contribution in [0.3, 0.4) is 0 Å². The summed E-state index contributed by atoms with van der Waals surface area (Å²) in [7, 11) is 2.42. The van der Waals surface area contributed by atoms with Gasteiger partial charge in [-0.2, -0.15) is 0 Å². The summed E-state index contributed by atoms with van der Waals surface area (Å²) in [6.45, 7) is 2.28. The van der Waals surface area contributed by atoms with Gasteiger partial charge in [-0.15, -0.1) is 0 Å². The maximum absolute atomic E-state index is 5.57. The van der Waals surface area contributed by atoms with Gasteiger partial charge in [-0.05, 0) is 47.6 Å². The summed E-state index contributed by atoms with van der Waals surface area (Å²) in [5.74, 6) is 0.349. The predicted octanol–water partition coefficient (Wildman–Crippen LogP) is 5.55. The molecule has 5 nitrogen and oxygen atoms in total. The fourth-order valence-corrected chi connectivity index (χ4v) is 6.14. The molecule has 2 heterocycles. The molecular formula is C26H30N2O3Si. The molecule has 0 fully saturated rings. The zero-order valence-electron chi connectivity index (χ0n) is 19.2. The monoisotopic (exact) mass is 446 g/mol. The van der Waals surface area contributed by atoms with Crippen LogP contribution in [-0.2, 0) is 26.1 Å². The SMILES string of the molecule is CO[Si](CCc1cccc(CC(C)c2ccnc3c2ccc2cccnc23)c1)(OC)OC. The van der Waals surface area contributed by atoms with Crippen LogP contribution in [0.5, 0.6) is 0 Å². The zero-order chi connectivity index (χ0) is 22.6. The van der Waals surface area contributed by atoms with E-state index >= 15 is 0 Å². The fraction of sp³-hybridized carbons (Fsp3) is 0.308. The molecule has 4 rings (SSSR count). The van der Waals surface area contributed by atoms with Gasteiger partial charge in [-0.3, -0.25) is 9.97 Å². The summed E-state index contributed by atoms with van der Waals surface area (Å²) in [4.78, 5) is 9.23. The minimum atomic E-state index is -2.57. The van der Waals surface area contributed by atoms with Crippen LogP contribution in [0.1, 0.15) is 29.5 Å². The van der Waals surface area contributed by atoms with E-state index in [0.717, 1.165) is 35.3 Å². The Balaban J connectivity index is 1.56. The summed E-state index contributed by atoms with van der Waals surface area (Å²) in [5, 5.41) is 2.30. The maximum atomic E-state index is 5.57. The highest BCUT2D eigenvalue weighted by Crippen LogP contribution is 2.30. The van der Waals surface area contributed by atoms with Crippen molar-refractivity contribution in [3.8, 4) is 0 Å². The first-order chi connectivity index (χ1) is 15.6. The molecule has 0 bridgehead atoms. The lowest BCUT2D eigenvalue weighted by atomic mass is 9.90. The van der Waals surface area contributed by atoms with Gasteiger partial charge in [0.2, 0.25) is 0 Å². The van der Waals surface area contributed by atoms with Gasteiger partial charge in [0.05, 0.1) is 11.0 Å². The number of rotatable bonds is 9. The van der Waals surface area contributed by atoms with Crippen molar-refractivity contribution in [2.75, 3.05) is 21.3 Å². The Labute approximate surface area is 190 Å². The molecule has 0 aliphatic carbocycles. The van der Waals surface area contributed by atoms with Gasteiger partial charge >= 0.3 is 8.80 Å². The topological polar surface area (TPSA) is 53.5 Å². The number of fused-ring (bicyclic) bond motifs is 3. The molecule has 6 heteroatoms. The van der Waals surface area contributed by atoms with E-state index in [9.17, 15) is 0 Å². The second-order valence-electron chi connectivity index (χ2n) is 8.16. The molecule has 0 saturated carbocycles. The first-order valence-corrected chi connectivity index (χ1v) is 12.9. The quantitative estimate of drug-likeness (QED) is 0.249. The summed E-state index contributed by atoms with van der Waals surface area (Å²) < 4.78 is 16.7. The van der Waals surface area contributed by atoms with Gasteiger partial charge in [0.15, 0.2) is 0 Å². The van der Waals surface area contributed by atoms with E-state index in [2.05, 4.69) is 65.4 Å². The molecular weight excluding hydrogens is 416 g/mol. The fourth-order valence-electron chi connectivity index (χ4n) is 4.43. The van der Waals surface area contributed by atoms with Crippen molar-refractivity contribution in [2.45, 2.75) is 31.7 Å². The van der Waals surface area contributed by atoms with E-state index in [1.807, 2.05) is 18.5 Å². The van der Waals surface area contributed by atoms with Gasteiger partial charge in [0.1, 0.15) is 0 Å². The average Bonchev–Trinajstić information content (AvgIpc) is 2.85. The van der Waals surface area contributed by atoms with Crippen molar-refractivity contribution < 1.29 is 13.3 Å². The first kappa shape index (κ1) is 22.5. The Morgan fingerprint density at radius 2 is 1.56 bits per heavy atom. The molecule has 2 aromatic carbocycles. The minimum absolute atomic E-state index is 0.349. The van der Waals surface area contributed by atoms with Crippen LogP contribution in [0.15, 0.2) is 67.0 Å². The molecule has 0 radical (unpaired) electrons. The number of benzene rings is 2. The lowest BCUT2D eigenvalue weighted by Crippen LogP contribution is -2.43. The van der Waals surface area contributed by atoms with E-state index in [4.69, 9.17) is 13.3 Å². The lowest BCUT2D eigenvalue weighted by Gasteiger charge is -2.24. The van der Waals surface area contributed by atoms with Crippen molar-refractivity contribution in [1.29, 1.82) is 0 Å². The molecule has 0 aliphatic heterocycles. The Bertz CT molecular complexity index is 1200. The predicted molar refractivity (Wildman–Crippen MR) is 131 cm³/mol. The van der Waals surface area contributed by atoms with Gasteiger partial charge in [0, 0.05) is 50.5 Å². The van der Waals surface area contributed by atoms with Crippen LogP contribution in [0.4, 0.5) is 0 Å². The highest BCUT2D eigenvalue weighted by molar-refractivity contribution is 6.60. The number of aromatic nitrogens is 2. The summed E-state index contributed by atoms with van der Waals surface area (Å²) in [6.07, 6.45) is 5.55. The Hall–Kier alpha value is -2.64. The summed E-state index contributed by atoms with van der Waals surface area (Å²) >= 11 is 0. The summed E-state index contributed by atoms with van der Waals surface area (Å²) in [6, 6.07) is 20.0. The van der Waals surface area contributed by atoms with Crippen molar-refractivity contribution in [3.05, 3.63) is 83.7 Å². The average molecular weight is 447 g/mol. The van der Waals surface area contributed by atoms with Crippen LogP contribution in [-0.4, -0.2) is 40.1 Å². The van der Waals surface area contributed by atoms with Crippen LogP contribution < -0.4 is 0 Å². The van der Waals surface area contributed by atoms with Crippen LogP contribution in [0, 0.1) is 0 Å². The third kappa shape index (κ3) is 4.59. The number of nitrogens with zero attached hydrogens (tertiary/aromatic N) is 2. The second kappa shape index (κ2) is 9.88. The maximum Gasteiger partial charge on any atom is 0.500 e. The molecule has 166 valence electrons. The second-order valence-corrected chi connectivity index (χ2v) is 11.2. The van der Waals surface area contributed by atoms with E-state index in [1.54, 1.807) is 21.3 Å². The number of hydrogen-bond acceptors (Lipinski definition) is 5. The van der Waals surface area contributed by atoms with Crippen molar-refractivity contribution in [1.82, 2.24) is 9.97 Å². The standard InChI is InChI=1S/C26H30N2O3Si/c1-19(17-21-8-5-7-20(18-21)13-16-32(29-2,30-3)31-4)23-12-15-28-26-24(23)11-10-22-9-6-14-27-25(22)26/h5-12,14-15,18-19H,13,16-17H2,1-4H3. The van der Waals surface area contributed by atoms with Gasteiger partial charge < -0.3 is 13.3 Å². The van der Waals surface area contributed by atoms with Crippen LogP contribution in [0.2, 0.25) is 6.04 Å². The lowest BCUT2D eigenvalue weighted by molar-refractivity contribution is 0.123. The highest BCUT2D eigenvalue weighted by Gasteiger charge is 2.37. The Kier molecular flexibility index (Phi) is 6.96. The van der Waals surface area contributed by atoms with E-state index in [-0.39, 0.29) is 0 Å². The molecule has 0 saturated heterocycles. The number of pyridine rings is 2. The molecule has 4 aromatic rings. The van der Waals surface area contributed by atoms with E-state index < -0.39 is 8.80 Å². The largest absolute Gasteiger partial charge is 0.500 e. The molecule has 1 unspecified atom stereocenters. The number of aryl methyl sites for hydroxylation is 1. The molecule has 0 amide bonds. The molecule has 0 spiro atoms. The third-order valence-corrected chi connectivity index (χ3v) is 8.96. The van der Waals surface area contributed by atoms with Crippen molar-refractivity contribution in [2.24, 2.45) is 0 Å². The van der Waals surface area contributed by atoms with Crippen LogP contribution in [0.25, 0.3) is 21.8 Å². The smallest absolute Gasteiger partial charge is 0.377 e. The summed E-state index contributed by atoms with van der Waals surface area (Å²) in [5.41, 5.74) is 5.83. The highest BCUT2D eigenvalue weighted by atomic mass is 28.4. The van der Waals surface area contributed by atoms with Crippen molar-refractivity contribution in [3.63, 3.8) is 0 Å². The molecule has 0 N–H and O–H groups in total. The van der Waals surface area contributed by atoms with Gasteiger partial charge in [0.25, 0.3) is 0 Å². The third-order valence-electron chi connectivity index (χ3n) is 6.23. The van der Waals surface area contributed by atoms with E-state index in [0.29, 0.717) is 5.92 Å². The number of hydrogen-bond donors (Lipinski definition) is 0.